The minimum absolute atomic E-state index is 0.726. The van der Waals surface area contributed by atoms with E-state index in [2.05, 4.69) is 10.00 Å². The summed E-state index contributed by atoms with van der Waals surface area (Å²) in [5.74, 6) is 1.74. The topological polar surface area (TPSA) is 38.1 Å². The second kappa shape index (κ2) is 4.28. The fraction of sp³-hybridized carbons (Fsp3) is 0.667. The SMILES string of the molecule is Cc1nn(C)c(N(C)CC2CCC2)c1C=O. The lowest BCUT2D eigenvalue weighted by Crippen LogP contribution is -2.31. The molecule has 1 aromatic heterocycles. The van der Waals surface area contributed by atoms with Gasteiger partial charge in [0.05, 0.1) is 11.3 Å². The highest BCUT2D eigenvalue weighted by Gasteiger charge is 2.22. The van der Waals surface area contributed by atoms with Crippen LogP contribution in [0.25, 0.3) is 0 Å². The van der Waals surface area contributed by atoms with E-state index in [4.69, 9.17) is 0 Å². The summed E-state index contributed by atoms with van der Waals surface area (Å²) in [5, 5.41) is 4.30. The monoisotopic (exact) mass is 221 g/mol. The molecule has 1 aliphatic carbocycles. The predicted octanol–water partition coefficient (Wildman–Crippen LogP) is 1.78. The molecule has 0 amide bonds. The van der Waals surface area contributed by atoms with Gasteiger partial charge in [-0.1, -0.05) is 6.42 Å². The van der Waals surface area contributed by atoms with E-state index in [1.165, 1.54) is 19.3 Å². The number of aldehydes is 1. The molecule has 0 N–H and O–H groups in total. The predicted molar refractivity (Wildman–Crippen MR) is 63.9 cm³/mol. The fourth-order valence-corrected chi connectivity index (χ4v) is 2.40. The molecule has 0 bridgehead atoms. The van der Waals surface area contributed by atoms with Crippen molar-refractivity contribution in [2.75, 3.05) is 18.5 Å². The minimum atomic E-state index is 0.726. The highest BCUT2D eigenvalue weighted by atomic mass is 16.1. The van der Waals surface area contributed by atoms with E-state index in [1.807, 2.05) is 21.0 Å². The number of carbonyl (C=O) groups excluding carboxylic acids is 1. The molecule has 1 aliphatic rings. The molecule has 16 heavy (non-hydrogen) atoms. The van der Waals surface area contributed by atoms with Crippen LogP contribution in [0, 0.1) is 12.8 Å². The second-order valence-electron chi connectivity index (χ2n) is 4.74. The zero-order chi connectivity index (χ0) is 11.7. The van der Waals surface area contributed by atoms with Crippen LogP contribution in [0.4, 0.5) is 5.82 Å². The third kappa shape index (κ3) is 1.84. The lowest BCUT2D eigenvalue weighted by Gasteiger charge is -2.31. The number of aryl methyl sites for hydroxylation is 2. The first kappa shape index (κ1) is 11.2. The second-order valence-corrected chi connectivity index (χ2v) is 4.74. The smallest absolute Gasteiger partial charge is 0.155 e. The van der Waals surface area contributed by atoms with E-state index in [0.29, 0.717) is 0 Å². The third-order valence-electron chi connectivity index (χ3n) is 3.47. The lowest BCUT2D eigenvalue weighted by atomic mass is 9.85. The molecule has 4 nitrogen and oxygen atoms in total. The Morgan fingerprint density at radius 1 is 1.56 bits per heavy atom. The maximum atomic E-state index is 11.1. The molecule has 88 valence electrons. The van der Waals surface area contributed by atoms with Gasteiger partial charge in [0.1, 0.15) is 5.82 Å². The third-order valence-corrected chi connectivity index (χ3v) is 3.47. The Bertz CT molecular complexity index is 393. The molecule has 0 aliphatic heterocycles. The van der Waals surface area contributed by atoms with Gasteiger partial charge in [-0.2, -0.15) is 5.10 Å². The molecule has 4 heteroatoms. The maximum absolute atomic E-state index is 11.1. The first-order valence-electron chi connectivity index (χ1n) is 5.83. The van der Waals surface area contributed by atoms with Crippen molar-refractivity contribution in [1.29, 1.82) is 0 Å². The zero-order valence-electron chi connectivity index (χ0n) is 10.2. The number of rotatable bonds is 4. The summed E-state index contributed by atoms with van der Waals surface area (Å²) in [7, 11) is 3.94. The van der Waals surface area contributed by atoms with Crippen LogP contribution < -0.4 is 4.90 Å². The van der Waals surface area contributed by atoms with Crippen LogP contribution in [-0.2, 0) is 7.05 Å². The Labute approximate surface area is 96.2 Å². The van der Waals surface area contributed by atoms with Crippen LogP contribution in [0.3, 0.4) is 0 Å². The van der Waals surface area contributed by atoms with Crippen molar-refractivity contribution in [2.24, 2.45) is 13.0 Å². The summed E-state index contributed by atoms with van der Waals surface area (Å²) < 4.78 is 1.80. The quantitative estimate of drug-likeness (QED) is 0.727. The molecule has 0 spiro atoms. The van der Waals surface area contributed by atoms with Gasteiger partial charge in [-0.3, -0.25) is 9.48 Å². The minimum Gasteiger partial charge on any atom is -0.359 e. The van der Waals surface area contributed by atoms with Crippen molar-refractivity contribution in [2.45, 2.75) is 26.2 Å². The maximum Gasteiger partial charge on any atom is 0.155 e. The van der Waals surface area contributed by atoms with Gasteiger partial charge in [0, 0.05) is 20.6 Å². The summed E-state index contributed by atoms with van der Waals surface area (Å²) in [5.41, 5.74) is 1.54. The summed E-state index contributed by atoms with van der Waals surface area (Å²) in [6.45, 7) is 2.91. The van der Waals surface area contributed by atoms with Gasteiger partial charge in [-0.25, -0.2) is 0 Å². The average Bonchev–Trinajstić information content (AvgIpc) is 2.46. The van der Waals surface area contributed by atoms with Crippen molar-refractivity contribution in [3.63, 3.8) is 0 Å². The molecule has 2 rings (SSSR count). The first-order valence-corrected chi connectivity index (χ1v) is 5.83. The van der Waals surface area contributed by atoms with Gasteiger partial charge in [-0.05, 0) is 25.7 Å². The number of aromatic nitrogens is 2. The van der Waals surface area contributed by atoms with E-state index >= 15 is 0 Å². The van der Waals surface area contributed by atoms with Crippen LogP contribution >= 0.6 is 0 Å². The van der Waals surface area contributed by atoms with E-state index in [0.717, 1.165) is 35.8 Å². The van der Waals surface area contributed by atoms with E-state index in [-0.39, 0.29) is 0 Å². The molecule has 0 radical (unpaired) electrons. The van der Waals surface area contributed by atoms with E-state index < -0.39 is 0 Å². The van der Waals surface area contributed by atoms with Crippen molar-refractivity contribution < 1.29 is 4.79 Å². The highest BCUT2D eigenvalue weighted by Crippen LogP contribution is 2.29. The van der Waals surface area contributed by atoms with Gasteiger partial charge >= 0.3 is 0 Å². The summed E-state index contributed by atoms with van der Waals surface area (Å²) in [6.07, 6.45) is 4.90. The molecular weight excluding hydrogens is 202 g/mol. The Hall–Kier alpha value is -1.32. The number of carbonyl (C=O) groups is 1. The normalized spacial score (nSPS) is 15.9. The van der Waals surface area contributed by atoms with Gasteiger partial charge in [-0.15, -0.1) is 0 Å². The summed E-state index contributed by atoms with van der Waals surface area (Å²) >= 11 is 0. The summed E-state index contributed by atoms with van der Waals surface area (Å²) in [4.78, 5) is 13.2. The van der Waals surface area contributed by atoms with Gasteiger partial charge in [0.25, 0.3) is 0 Å². The van der Waals surface area contributed by atoms with Gasteiger partial charge in [0.15, 0.2) is 6.29 Å². The molecule has 0 atom stereocenters. The number of hydrogen-bond donors (Lipinski definition) is 0. The first-order chi connectivity index (χ1) is 7.63. The Morgan fingerprint density at radius 3 is 2.75 bits per heavy atom. The number of hydrogen-bond acceptors (Lipinski definition) is 3. The van der Waals surface area contributed by atoms with Crippen LogP contribution in [0.2, 0.25) is 0 Å². The average molecular weight is 221 g/mol. The van der Waals surface area contributed by atoms with Crippen molar-refractivity contribution in [3.05, 3.63) is 11.3 Å². The van der Waals surface area contributed by atoms with Crippen LogP contribution in [0.15, 0.2) is 0 Å². The molecule has 1 aromatic rings. The highest BCUT2D eigenvalue weighted by molar-refractivity contribution is 5.84. The van der Waals surface area contributed by atoms with Gasteiger partial charge < -0.3 is 4.90 Å². The molecule has 1 saturated carbocycles. The Kier molecular flexibility index (Phi) is 2.99. The lowest BCUT2D eigenvalue weighted by molar-refractivity contribution is 0.112. The Morgan fingerprint density at radius 2 is 2.25 bits per heavy atom. The number of nitrogens with zero attached hydrogens (tertiary/aromatic N) is 3. The van der Waals surface area contributed by atoms with E-state index in [9.17, 15) is 4.79 Å². The van der Waals surface area contributed by atoms with Crippen molar-refractivity contribution in [3.8, 4) is 0 Å². The van der Waals surface area contributed by atoms with Crippen LogP contribution in [0.1, 0.15) is 35.3 Å². The molecular formula is C12H19N3O. The van der Waals surface area contributed by atoms with Crippen molar-refractivity contribution in [1.82, 2.24) is 9.78 Å². The largest absolute Gasteiger partial charge is 0.359 e. The molecule has 0 unspecified atom stereocenters. The van der Waals surface area contributed by atoms with Crippen LogP contribution in [0.5, 0.6) is 0 Å². The standard InChI is InChI=1S/C12H19N3O/c1-9-11(8-16)12(15(3)13-9)14(2)7-10-5-4-6-10/h8,10H,4-7H2,1-3H3. The molecule has 0 aromatic carbocycles. The fourth-order valence-electron chi connectivity index (χ4n) is 2.40. The number of anilines is 1. The molecule has 0 saturated heterocycles. The Balaban J connectivity index is 2.20. The summed E-state index contributed by atoms with van der Waals surface area (Å²) in [6, 6.07) is 0. The van der Waals surface area contributed by atoms with Crippen LogP contribution in [-0.4, -0.2) is 29.7 Å². The zero-order valence-corrected chi connectivity index (χ0v) is 10.2. The van der Waals surface area contributed by atoms with Gasteiger partial charge in [0.2, 0.25) is 0 Å². The molecule has 1 fully saturated rings. The molecule has 1 heterocycles. The van der Waals surface area contributed by atoms with Crippen molar-refractivity contribution >= 4 is 12.1 Å². The van der Waals surface area contributed by atoms with E-state index in [1.54, 1.807) is 4.68 Å².